The Labute approximate surface area is 197 Å². The number of anilines is 2. The molecular weight excluding hydrogens is 483 g/mol. The Morgan fingerprint density at radius 1 is 1.09 bits per heavy atom. The molecule has 0 fully saturated rings. The normalized spacial score (nSPS) is 11.1. The Kier molecular flexibility index (Phi) is 6.70. The zero-order valence-corrected chi connectivity index (χ0v) is 19.0. The van der Waals surface area contributed by atoms with Gasteiger partial charge in [-0.3, -0.25) is 14.3 Å². The largest absolute Gasteiger partial charge is 0.406 e. The number of nitrogens with zero attached hydrogens (tertiary/aromatic N) is 2. The van der Waals surface area contributed by atoms with Crippen LogP contribution in [0.4, 0.5) is 15.2 Å². The van der Waals surface area contributed by atoms with Gasteiger partial charge in [0, 0.05) is 29.0 Å². The predicted molar refractivity (Wildman–Crippen MR) is 125 cm³/mol. The van der Waals surface area contributed by atoms with Crippen LogP contribution in [0.1, 0.15) is 15.9 Å². The van der Waals surface area contributed by atoms with Crippen LogP contribution in [0.3, 0.4) is 0 Å². The number of nitrogens with one attached hydrogen (secondary N) is 2. The van der Waals surface area contributed by atoms with Crippen LogP contribution in [0.15, 0.2) is 88.1 Å². The molecule has 12 heteroatoms. The van der Waals surface area contributed by atoms with Gasteiger partial charge in [0.1, 0.15) is 18.0 Å². The number of pyridine rings is 1. The molecular formula is C22H17FN4O5S2. The van der Waals surface area contributed by atoms with E-state index in [1.165, 1.54) is 67.0 Å². The van der Waals surface area contributed by atoms with Crippen LogP contribution in [0, 0.1) is 5.82 Å². The molecule has 1 amide bonds. The number of amides is 1. The molecule has 0 radical (unpaired) electrons. The molecule has 2 N–H and O–H groups in total. The van der Waals surface area contributed by atoms with Crippen molar-refractivity contribution in [3.8, 4) is 0 Å². The first-order chi connectivity index (χ1) is 16.3. The average molecular weight is 501 g/mol. The molecule has 0 aliphatic carbocycles. The summed E-state index contributed by atoms with van der Waals surface area (Å²) in [5.74, 6) is -1.19. The minimum Gasteiger partial charge on any atom is -0.406 e. The van der Waals surface area contributed by atoms with E-state index < -0.39 is 27.3 Å². The Hall–Kier alpha value is -4.03. The predicted octanol–water partition coefficient (Wildman–Crippen LogP) is 3.13. The topological polar surface area (TPSA) is 119 Å². The standard InChI is InChI=1S/C22H17FN4O5S2/c23-19-6-2-1-4-15(19)14-32-27-12-3-5-18(21(27)29)20(28)25-16-7-9-17(10-8-16)34(30,31)26-22-24-11-13-33-22/h1-13H,14H2,(H,24,26)(H,25,28). The number of carbonyl (C=O) groups excluding carboxylic acids is 1. The van der Waals surface area contributed by atoms with Gasteiger partial charge in [-0.1, -0.05) is 18.2 Å². The van der Waals surface area contributed by atoms with Crippen molar-refractivity contribution in [3.63, 3.8) is 0 Å². The lowest BCUT2D eigenvalue weighted by atomic mass is 10.2. The summed E-state index contributed by atoms with van der Waals surface area (Å²) in [6, 6.07) is 14.1. The molecule has 174 valence electrons. The monoisotopic (exact) mass is 500 g/mol. The highest BCUT2D eigenvalue weighted by atomic mass is 32.2. The molecule has 0 saturated heterocycles. The van der Waals surface area contributed by atoms with Crippen molar-refractivity contribution in [2.45, 2.75) is 11.5 Å². The fourth-order valence-corrected chi connectivity index (χ4v) is 4.66. The van der Waals surface area contributed by atoms with Gasteiger partial charge < -0.3 is 10.2 Å². The number of rotatable bonds is 8. The molecule has 0 saturated carbocycles. The van der Waals surface area contributed by atoms with E-state index in [2.05, 4.69) is 15.0 Å². The summed E-state index contributed by atoms with van der Waals surface area (Å²) in [6.45, 7) is -0.206. The molecule has 0 bridgehead atoms. The van der Waals surface area contributed by atoms with E-state index in [1.54, 1.807) is 11.4 Å². The first kappa shape index (κ1) is 23.1. The van der Waals surface area contributed by atoms with Crippen LogP contribution in [0.25, 0.3) is 0 Å². The maximum absolute atomic E-state index is 13.8. The lowest BCUT2D eigenvalue weighted by Crippen LogP contribution is -2.32. The summed E-state index contributed by atoms with van der Waals surface area (Å²) in [5, 5.41) is 4.41. The number of aromatic nitrogens is 2. The van der Waals surface area contributed by atoms with E-state index >= 15 is 0 Å². The molecule has 2 heterocycles. The SMILES string of the molecule is O=C(Nc1ccc(S(=O)(=O)Nc2nccs2)cc1)c1cccn(OCc2ccccc2F)c1=O. The summed E-state index contributed by atoms with van der Waals surface area (Å²) in [7, 11) is -3.84. The van der Waals surface area contributed by atoms with E-state index in [0.29, 0.717) is 0 Å². The fourth-order valence-electron chi connectivity index (χ4n) is 2.87. The van der Waals surface area contributed by atoms with Gasteiger partial charge in [0.05, 0.1) is 4.90 Å². The van der Waals surface area contributed by atoms with Gasteiger partial charge >= 0.3 is 0 Å². The van der Waals surface area contributed by atoms with Crippen molar-refractivity contribution in [1.29, 1.82) is 0 Å². The van der Waals surface area contributed by atoms with E-state index in [9.17, 15) is 22.4 Å². The third kappa shape index (κ3) is 5.30. The lowest BCUT2D eigenvalue weighted by molar-refractivity contribution is 0.0847. The van der Waals surface area contributed by atoms with Gasteiger partial charge in [-0.15, -0.1) is 11.3 Å². The lowest BCUT2D eigenvalue weighted by Gasteiger charge is -2.11. The quantitative estimate of drug-likeness (QED) is 0.384. The summed E-state index contributed by atoms with van der Waals surface area (Å²) in [4.78, 5) is 34.5. The maximum Gasteiger partial charge on any atom is 0.295 e. The summed E-state index contributed by atoms with van der Waals surface area (Å²) < 4.78 is 41.8. The molecule has 4 rings (SSSR count). The van der Waals surface area contributed by atoms with Crippen LogP contribution >= 0.6 is 11.3 Å². The summed E-state index contributed by atoms with van der Waals surface area (Å²) >= 11 is 1.14. The highest BCUT2D eigenvalue weighted by Gasteiger charge is 2.17. The molecule has 2 aromatic heterocycles. The first-order valence-corrected chi connectivity index (χ1v) is 12.1. The van der Waals surface area contributed by atoms with Crippen molar-refractivity contribution in [3.05, 3.63) is 106 Å². The van der Waals surface area contributed by atoms with Gasteiger partial charge in [-0.2, -0.15) is 4.73 Å². The molecule has 0 aliphatic rings. The Morgan fingerprint density at radius 2 is 1.85 bits per heavy atom. The van der Waals surface area contributed by atoms with Crippen molar-refractivity contribution in [2.75, 3.05) is 10.0 Å². The van der Waals surface area contributed by atoms with Crippen LogP contribution in [-0.2, 0) is 16.6 Å². The number of sulfonamides is 1. The van der Waals surface area contributed by atoms with Crippen LogP contribution < -0.4 is 20.4 Å². The number of carbonyl (C=O) groups is 1. The van der Waals surface area contributed by atoms with Gasteiger partial charge in [-0.05, 0) is 42.5 Å². The molecule has 34 heavy (non-hydrogen) atoms. The van der Waals surface area contributed by atoms with Gasteiger partial charge in [0.2, 0.25) is 0 Å². The van der Waals surface area contributed by atoms with E-state index in [-0.39, 0.29) is 33.4 Å². The molecule has 9 nitrogen and oxygen atoms in total. The second kappa shape index (κ2) is 9.85. The molecule has 0 atom stereocenters. The molecule has 2 aromatic carbocycles. The smallest absolute Gasteiger partial charge is 0.295 e. The summed E-state index contributed by atoms with van der Waals surface area (Å²) in [5.41, 5.74) is -0.412. The third-order valence-corrected chi connectivity index (χ3v) is 6.73. The highest BCUT2D eigenvalue weighted by molar-refractivity contribution is 7.93. The number of halogens is 1. The van der Waals surface area contributed by atoms with Crippen molar-refractivity contribution in [1.82, 2.24) is 9.71 Å². The first-order valence-electron chi connectivity index (χ1n) is 9.75. The molecule has 0 aliphatic heterocycles. The van der Waals surface area contributed by atoms with E-state index in [4.69, 9.17) is 4.84 Å². The zero-order valence-electron chi connectivity index (χ0n) is 17.3. The van der Waals surface area contributed by atoms with Crippen LogP contribution in [0.5, 0.6) is 0 Å². The van der Waals surface area contributed by atoms with E-state index in [0.717, 1.165) is 16.1 Å². The Morgan fingerprint density at radius 3 is 2.56 bits per heavy atom. The number of hydrogen-bond acceptors (Lipinski definition) is 7. The summed E-state index contributed by atoms with van der Waals surface area (Å²) in [6.07, 6.45) is 2.79. The Bertz CT molecular complexity index is 1470. The minimum absolute atomic E-state index is 0.0238. The number of hydrogen-bond donors (Lipinski definition) is 2. The van der Waals surface area contributed by atoms with Crippen LogP contribution in [0.2, 0.25) is 0 Å². The third-order valence-electron chi connectivity index (χ3n) is 4.55. The zero-order chi connectivity index (χ0) is 24.1. The number of thiazole rings is 1. The highest BCUT2D eigenvalue weighted by Crippen LogP contribution is 2.19. The minimum atomic E-state index is -3.84. The van der Waals surface area contributed by atoms with E-state index in [1.807, 2.05) is 0 Å². The molecule has 0 unspecified atom stereocenters. The second-order valence-electron chi connectivity index (χ2n) is 6.84. The maximum atomic E-state index is 13.8. The molecule has 4 aromatic rings. The van der Waals surface area contributed by atoms with Crippen molar-refractivity contribution < 1.29 is 22.4 Å². The fraction of sp³-hybridized carbons (Fsp3) is 0.0455. The van der Waals surface area contributed by atoms with Gasteiger partial charge in [0.15, 0.2) is 5.13 Å². The molecule has 0 spiro atoms. The number of benzene rings is 2. The Balaban J connectivity index is 1.45. The van der Waals surface area contributed by atoms with Crippen molar-refractivity contribution in [2.24, 2.45) is 0 Å². The van der Waals surface area contributed by atoms with Crippen LogP contribution in [-0.4, -0.2) is 24.0 Å². The second-order valence-corrected chi connectivity index (χ2v) is 9.42. The van der Waals surface area contributed by atoms with Gasteiger partial charge in [-0.25, -0.2) is 17.8 Å². The average Bonchev–Trinajstić information content (AvgIpc) is 3.32. The van der Waals surface area contributed by atoms with Crippen molar-refractivity contribution >= 4 is 38.1 Å². The van der Waals surface area contributed by atoms with Gasteiger partial charge in [0.25, 0.3) is 21.5 Å².